The number of hydrogen-bond donors (Lipinski definition) is 2. The molecular formula is C7H11N3O2S. The third-order valence-electron chi connectivity index (χ3n) is 1.40. The molecule has 0 radical (unpaired) electrons. The van der Waals surface area contributed by atoms with E-state index in [9.17, 15) is 4.79 Å². The number of hydrogen-bond acceptors (Lipinski definition) is 5. The number of rotatable bonds is 4. The second-order valence-corrected chi connectivity index (χ2v) is 3.51. The molecule has 1 aromatic heterocycles. The van der Waals surface area contributed by atoms with Crippen molar-refractivity contribution in [2.75, 3.05) is 5.32 Å². The van der Waals surface area contributed by atoms with Crippen LogP contribution in [-0.4, -0.2) is 27.3 Å². The molecule has 0 bridgehead atoms. The number of amides is 1. The molecule has 0 aromatic carbocycles. The summed E-state index contributed by atoms with van der Waals surface area (Å²) in [6, 6.07) is 0. The van der Waals surface area contributed by atoms with Gasteiger partial charge in [-0.3, -0.25) is 4.79 Å². The summed E-state index contributed by atoms with van der Waals surface area (Å²) in [5, 5.41) is 19.2. The molecule has 2 N–H and O–H groups in total. The van der Waals surface area contributed by atoms with Gasteiger partial charge in [-0.2, -0.15) is 0 Å². The van der Waals surface area contributed by atoms with E-state index in [-0.39, 0.29) is 5.91 Å². The normalized spacial score (nSPS) is 12.5. The number of nitrogens with zero attached hydrogens (tertiary/aromatic N) is 2. The molecule has 0 aliphatic rings. The van der Waals surface area contributed by atoms with E-state index in [1.54, 1.807) is 12.4 Å². The molecule has 6 heteroatoms. The average Bonchev–Trinajstić information content (AvgIpc) is 2.53. The first kappa shape index (κ1) is 10.1. The molecule has 1 atom stereocenters. The lowest BCUT2D eigenvalue weighted by Gasteiger charge is -2.02. The van der Waals surface area contributed by atoms with Crippen LogP contribution in [0, 0.1) is 0 Å². The monoisotopic (exact) mass is 201 g/mol. The maximum atomic E-state index is 11.1. The Morgan fingerprint density at radius 1 is 1.85 bits per heavy atom. The molecule has 72 valence electrons. The predicted molar refractivity (Wildman–Crippen MR) is 49.5 cm³/mol. The molecular weight excluding hydrogens is 190 g/mol. The quantitative estimate of drug-likeness (QED) is 0.749. The molecule has 5 nitrogen and oxygen atoms in total. The Kier molecular flexibility index (Phi) is 3.78. The fourth-order valence-electron chi connectivity index (χ4n) is 0.749. The van der Waals surface area contributed by atoms with Crippen LogP contribution in [-0.2, 0) is 4.79 Å². The molecule has 1 aromatic rings. The van der Waals surface area contributed by atoms with E-state index in [0.717, 1.165) is 0 Å². The van der Waals surface area contributed by atoms with Crippen LogP contribution in [0.2, 0.25) is 0 Å². The van der Waals surface area contributed by atoms with E-state index >= 15 is 0 Å². The molecule has 0 spiro atoms. The summed E-state index contributed by atoms with van der Waals surface area (Å²) in [4.78, 5) is 11.1. The maximum Gasteiger partial charge on any atom is 0.226 e. The van der Waals surface area contributed by atoms with Crippen molar-refractivity contribution in [2.24, 2.45) is 0 Å². The zero-order valence-electron chi connectivity index (χ0n) is 7.23. The van der Waals surface area contributed by atoms with Gasteiger partial charge in [0.15, 0.2) is 0 Å². The summed E-state index contributed by atoms with van der Waals surface area (Å²) in [5.74, 6) is -0.141. The van der Waals surface area contributed by atoms with Gasteiger partial charge < -0.3 is 10.4 Å². The van der Waals surface area contributed by atoms with Gasteiger partial charge in [0, 0.05) is 6.42 Å². The molecule has 13 heavy (non-hydrogen) atoms. The minimum absolute atomic E-state index is 0.141. The van der Waals surface area contributed by atoms with Gasteiger partial charge in [0.2, 0.25) is 11.0 Å². The number of anilines is 1. The third-order valence-corrected chi connectivity index (χ3v) is 2.00. The number of nitrogens with one attached hydrogen (secondary N) is 1. The Hall–Kier alpha value is -1.01. The van der Waals surface area contributed by atoms with E-state index in [4.69, 9.17) is 5.11 Å². The fourth-order valence-corrected chi connectivity index (χ4v) is 1.21. The van der Waals surface area contributed by atoms with E-state index in [1.807, 2.05) is 0 Å². The minimum atomic E-state index is -0.444. The van der Waals surface area contributed by atoms with E-state index in [2.05, 4.69) is 15.5 Å². The van der Waals surface area contributed by atoms with Crippen molar-refractivity contribution in [3.8, 4) is 0 Å². The average molecular weight is 201 g/mol. The summed E-state index contributed by atoms with van der Waals surface area (Å²) < 4.78 is 0. The van der Waals surface area contributed by atoms with Gasteiger partial charge in [0.05, 0.1) is 6.10 Å². The van der Waals surface area contributed by atoms with E-state index < -0.39 is 6.10 Å². The first-order valence-electron chi connectivity index (χ1n) is 3.92. The van der Waals surface area contributed by atoms with Crippen LogP contribution in [0.15, 0.2) is 5.51 Å². The standard InChI is InChI=1S/C7H11N3O2S/c1-5(11)2-3-6(12)9-7-10-8-4-13-7/h4-5,11H,2-3H2,1H3,(H,9,10,12). The number of carbonyl (C=O) groups is 1. The summed E-state index contributed by atoms with van der Waals surface area (Å²) in [6.07, 6.45) is 0.321. The Labute approximate surface area is 79.8 Å². The highest BCUT2D eigenvalue weighted by molar-refractivity contribution is 7.13. The van der Waals surface area contributed by atoms with Crippen LogP contribution in [0.4, 0.5) is 5.13 Å². The SMILES string of the molecule is CC(O)CCC(=O)Nc1nncs1. The van der Waals surface area contributed by atoms with Crippen LogP contribution in [0.1, 0.15) is 19.8 Å². The summed E-state index contributed by atoms with van der Waals surface area (Å²) in [7, 11) is 0. The maximum absolute atomic E-state index is 11.1. The van der Waals surface area contributed by atoms with E-state index in [0.29, 0.717) is 18.0 Å². The van der Waals surface area contributed by atoms with Gasteiger partial charge in [0.1, 0.15) is 5.51 Å². The van der Waals surface area contributed by atoms with Crippen molar-refractivity contribution in [3.05, 3.63) is 5.51 Å². The van der Waals surface area contributed by atoms with Crippen LogP contribution < -0.4 is 5.32 Å². The van der Waals surface area contributed by atoms with Gasteiger partial charge in [-0.15, -0.1) is 10.2 Å². The zero-order chi connectivity index (χ0) is 9.68. The fraction of sp³-hybridized carbons (Fsp3) is 0.571. The van der Waals surface area contributed by atoms with Gasteiger partial charge in [0.25, 0.3) is 0 Å². The Bertz CT molecular complexity index is 261. The second kappa shape index (κ2) is 4.88. The van der Waals surface area contributed by atoms with Crippen LogP contribution in [0.25, 0.3) is 0 Å². The summed E-state index contributed by atoms with van der Waals surface area (Å²) in [6.45, 7) is 1.65. The highest BCUT2D eigenvalue weighted by atomic mass is 32.1. The first-order chi connectivity index (χ1) is 6.18. The Morgan fingerprint density at radius 3 is 3.15 bits per heavy atom. The molecule has 1 amide bonds. The van der Waals surface area contributed by atoms with Crippen LogP contribution in [0.5, 0.6) is 0 Å². The van der Waals surface area contributed by atoms with Crippen molar-refractivity contribution in [1.82, 2.24) is 10.2 Å². The molecule has 0 fully saturated rings. The van der Waals surface area contributed by atoms with Gasteiger partial charge in [-0.1, -0.05) is 11.3 Å². The number of aromatic nitrogens is 2. The van der Waals surface area contributed by atoms with Crippen molar-refractivity contribution in [1.29, 1.82) is 0 Å². The smallest absolute Gasteiger partial charge is 0.226 e. The zero-order valence-corrected chi connectivity index (χ0v) is 8.04. The summed E-state index contributed by atoms with van der Waals surface area (Å²) >= 11 is 1.27. The predicted octanol–water partition coefficient (Wildman–Crippen LogP) is 0.638. The van der Waals surface area contributed by atoms with Crippen molar-refractivity contribution < 1.29 is 9.90 Å². The van der Waals surface area contributed by atoms with Crippen molar-refractivity contribution >= 4 is 22.4 Å². The number of aliphatic hydroxyl groups is 1. The van der Waals surface area contributed by atoms with Crippen LogP contribution >= 0.6 is 11.3 Å². The molecule has 1 heterocycles. The molecule has 0 aliphatic heterocycles. The lowest BCUT2D eigenvalue weighted by molar-refractivity contribution is -0.116. The van der Waals surface area contributed by atoms with Crippen molar-refractivity contribution in [2.45, 2.75) is 25.9 Å². The van der Waals surface area contributed by atoms with E-state index in [1.165, 1.54) is 11.3 Å². The first-order valence-corrected chi connectivity index (χ1v) is 4.80. The highest BCUT2D eigenvalue weighted by Crippen LogP contribution is 2.08. The number of aliphatic hydroxyl groups excluding tert-OH is 1. The molecule has 0 saturated carbocycles. The Morgan fingerprint density at radius 2 is 2.62 bits per heavy atom. The lowest BCUT2D eigenvalue weighted by atomic mass is 10.2. The molecule has 0 saturated heterocycles. The largest absolute Gasteiger partial charge is 0.393 e. The highest BCUT2D eigenvalue weighted by Gasteiger charge is 2.05. The van der Waals surface area contributed by atoms with Crippen molar-refractivity contribution in [3.63, 3.8) is 0 Å². The van der Waals surface area contributed by atoms with Gasteiger partial charge >= 0.3 is 0 Å². The third kappa shape index (κ3) is 3.95. The van der Waals surface area contributed by atoms with Gasteiger partial charge in [-0.25, -0.2) is 0 Å². The summed E-state index contributed by atoms with van der Waals surface area (Å²) in [5.41, 5.74) is 1.55. The topological polar surface area (TPSA) is 75.1 Å². The van der Waals surface area contributed by atoms with Gasteiger partial charge in [-0.05, 0) is 13.3 Å². The molecule has 1 rings (SSSR count). The minimum Gasteiger partial charge on any atom is -0.393 e. The lowest BCUT2D eigenvalue weighted by Crippen LogP contribution is -2.13. The molecule has 0 aliphatic carbocycles. The molecule has 1 unspecified atom stereocenters. The number of carbonyl (C=O) groups excluding carboxylic acids is 1. The second-order valence-electron chi connectivity index (χ2n) is 2.68. The Balaban J connectivity index is 2.26. The van der Waals surface area contributed by atoms with Crippen LogP contribution in [0.3, 0.4) is 0 Å².